The minimum absolute atomic E-state index is 0.268. The third-order valence-corrected chi connectivity index (χ3v) is 6.86. The van der Waals surface area contributed by atoms with Crippen LogP contribution in [0.5, 0.6) is 0 Å². The summed E-state index contributed by atoms with van der Waals surface area (Å²) in [6, 6.07) is 8.08. The molecule has 1 amide bonds. The van der Waals surface area contributed by atoms with Crippen LogP contribution in [-0.2, 0) is 4.74 Å². The van der Waals surface area contributed by atoms with Crippen LogP contribution in [0.3, 0.4) is 0 Å². The van der Waals surface area contributed by atoms with Crippen LogP contribution in [0.25, 0.3) is 22.1 Å². The minimum Gasteiger partial charge on any atom is -0.423 e. The van der Waals surface area contributed by atoms with Gasteiger partial charge in [0.25, 0.3) is 6.01 Å². The second-order valence-electron chi connectivity index (χ2n) is 8.66. The molecule has 5 heterocycles. The van der Waals surface area contributed by atoms with Crippen molar-refractivity contribution < 1.29 is 13.9 Å². The first-order valence-electron chi connectivity index (χ1n) is 11.6. The summed E-state index contributed by atoms with van der Waals surface area (Å²) < 4.78 is 14.0. The normalized spacial score (nSPS) is 17.0. The van der Waals surface area contributed by atoms with E-state index in [2.05, 4.69) is 36.0 Å². The highest BCUT2D eigenvalue weighted by Gasteiger charge is 2.22. The molecule has 2 fully saturated rings. The van der Waals surface area contributed by atoms with Crippen LogP contribution in [0.1, 0.15) is 19.3 Å². The van der Waals surface area contributed by atoms with E-state index in [1.165, 1.54) is 11.0 Å². The first kappa shape index (κ1) is 21.4. The third-order valence-electron chi connectivity index (χ3n) is 6.43. The molecule has 0 spiro atoms. The van der Waals surface area contributed by atoms with Gasteiger partial charge in [-0.3, -0.25) is 4.57 Å². The van der Waals surface area contributed by atoms with Gasteiger partial charge in [0.2, 0.25) is 0 Å². The molecule has 6 rings (SSSR count). The second-order valence-corrected chi connectivity index (χ2v) is 9.58. The molecule has 9 nitrogen and oxygen atoms in total. The molecule has 0 unspecified atom stereocenters. The molecule has 3 aromatic heterocycles. The number of pyridine rings is 1. The van der Waals surface area contributed by atoms with Gasteiger partial charge in [-0.25, -0.2) is 9.78 Å². The second kappa shape index (κ2) is 8.92. The van der Waals surface area contributed by atoms with Crippen molar-refractivity contribution in [2.45, 2.75) is 19.3 Å². The molecular weight excluding hydrogens is 500 g/mol. The number of benzene rings is 1. The summed E-state index contributed by atoms with van der Waals surface area (Å²) in [5.41, 5.74) is 3.73. The maximum atomic E-state index is 13.3. The highest BCUT2D eigenvalue weighted by Crippen LogP contribution is 2.35. The quantitative estimate of drug-likeness (QED) is 0.409. The first-order valence-corrected chi connectivity index (χ1v) is 12.4. The summed E-state index contributed by atoms with van der Waals surface area (Å²) in [7, 11) is 0. The molecule has 0 saturated carbocycles. The Morgan fingerprint density at radius 3 is 2.68 bits per heavy atom. The van der Waals surface area contributed by atoms with E-state index in [9.17, 15) is 4.79 Å². The first-order chi connectivity index (χ1) is 16.7. The Morgan fingerprint density at radius 1 is 1.03 bits per heavy atom. The van der Waals surface area contributed by atoms with Gasteiger partial charge in [0.1, 0.15) is 11.2 Å². The van der Waals surface area contributed by atoms with E-state index in [-0.39, 0.29) is 6.03 Å². The van der Waals surface area contributed by atoms with E-state index in [1.807, 2.05) is 24.3 Å². The van der Waals surface area contributed by atoms with Gasteiger partial charge in [0.05, 0.1) is 24.6 Å². The maximum Gasteiger partial charge on any atom is 0.331 e. The van der Waals surface area contributed by atoms with E-state index in [1.54, 1.807) is 12.4 Å². The van der Waals surface area contributed by atoms with Crippen molar-refractivity contribution in [2.75, 3.05) is 54.5 Å². The van der Waals surface area contributed by atoms with E-state index in [0.717, 1.165) is 60.1 Å². The lowest BCUT2D eigenvalue weighted by Gasteiger charge is -2.30. The molecule has 0 aliphatic carbocycles. The average Bonchev–Trinajstić information content (AvgIpc) is 3.48. The number of ether oxygens (including phenoxy) is 1. The van der Waals surface area contributed by atoms with Crippen molar-refractivity contribution in [3.63, 3.8) is 0 Å². The number of amides is 1. The van der Waals surface area contributed by atoms with E-state index in [0.29, 0.717) is 36.1 Å². The smallest absolute Gasteiger partial charge is 0.331 e. The zero-order valence-electron chi connectivity index (χ0n) is 18.7. The number of carbonyl (C=O) groups is 1. The molecule has 34 heavy (non-hydrogen) atoms. The van der Waals surface area contributed by atoms with Crippen LogP contribution in [0.2, 0.25) is 0 Å². The zero-order valence-corrected chi connectivity index (χ0v) is 20.3. The highest BCUT2D eigenvalue weighted by atomic mass is 79.9. The van der Waals surface area contributed by atoms with E-state index < -0.39 is 0 Å². The van der Waals surface area contributed by atoms with Gasteiger partial charge in [-0.2, -0.15) is 4.98 Å². The number of piperidine rings is 1. The summed E-state index contributed by atoms with van der Waals surface area (Å²) >= 11 is 3.44. The Morgan fingerprint density at radius 2 is 1.85 bits per heavy atom. The molecule has 4 aromatic rings. The van der Waals surface area contributed by atoms with Crippen LogP contribution in [-0.4, -0.2) is 60.0 Å². The number of hydrogen-bond acceptors (Lipinski definition) is 7. The Bertz CT molecular complexity index is 1350. The van der Waals surface area contributed by atoms with Gasteiger partial charge >= 0.3 is 6.03 Å². The van der Waals surface area contributed by atoms with Gasteiger partial charge < -0.3 is 24.3 Å². The summed E-state index contributed by atoms with van der Waals surface area (Å²) in [5.74, 6) is 0. The Kier molecular flexibility index (Phi) is 5.62. The van der Waals surface area contributed by atoms with Gasteiger partial charge in [-0.1, -0.05) is 0 Å². The number of aromatic nitrogens is 3. The largest absolute Gasteiger partial charge is 0.423 e. The summed E-state index contributed by atoms with van der Waals surface area (Å²) in [4.78, 5) is 26.9. The number of fused-ring (bicyclic) bond motifs is 2. The predicted molar refractivity (Wildman–Crippen MR) is 135 cm³/mol. The Labute approximate surface area is 204 Å². The van der Waals surface area contributed by atoms with Crippen molar-refractivity contribution >= 4 is 61.5 Å². The van der Waals surface area contributed by atoms with Crippen LogP contribution >= 0.6 is 15.9 Å². The fourth-order valence-corrected chi connectivity index (χ4v) is 5.02. The van der Waals surface area contributed by atoms with Crippen molar-refractivity contribution in [3.05, 3.63) is 41.1 Å². The number of nitrogens with one attached hydrogen (secondary N) is 1. The highest BCUT2D eigenvalue weighted by molar-refractivity contribution is 9.10. The lowest BCUT2D eigenvalue weighted by atomic mass is 10.1. The number of halogens is 1. The van der Waals surface area contributed by atoms with Gasteiger partial charge in [-0.05, 0) is 53.4 Å². The third kappa shape index (κ3) is 4.01. The zero-order chi connectivity index (χ0) is 23.1. The molecule has 10 heteroatoms. The van der Waals surface area contributed by atoms with Gasteiger partial charge in [-0.15, -0.1) is 0 Å². The molecule has 2 saturated heterocycles. The minimum atomic E-state index is -0.268. The molecular formula is C24H25BrN6O3. The van der Waals surface area contributed by atoms with Crippen LogP contribution in [0.4, 0.5) is 22.2 Å². The fourth-order valence-electron chi connectivity index (χ4n) is 4.67. The lowest BCUT2D eigenvalue weighted by Crippen LogP contribution is -2.36. The standard InChI is InChI=1S/C24H25BrN6O3/c25-17-12-16-4-7-31(22(16)26-15-17)23(32)27-18-14-21-19(13-20(18)29-5-2-1-3-6-29)28-24(34-21)30-8-10-33-11-9-30/h4,7,12-15H,1-3,5-6,8-11H2,(H,27,32). The monoisotopic (exact) mass is 524 g/mol. The van der Waals surface area contributed by atoms with Gasteiger partial charge in [0.15, 0.2) is 5.58 Å². The summed E-state index contributed by atoms with van der Waals surface area (Å²) in [5, 5.41) is 4.00. The number of nitrogens with zero attached hydrogens (tertiary/aromatic N) is 5. The average molecular weight is 525 g/mol. The van der Waals surface area contributed by atoms with E-state index in [4.69, 9.17) is 14.1 Å². The number of anilines is 3. The Hall–Kier alpha value is -3.11. The lowest BCUT2D eigenvalue weighted by molar-refractivity contribution is 0.120. The van der Waals surface area contributed by atoms with Crippen molar-refractivity contribution in [1.29, 1.82) is 0 Å². The van der Waals surface area contributed by atoms with Crippen LogP contribution in [0.15, 0.2) is 45.5 Å². The molecule has 0 bridgehead atoms. The predicted octanol–water partition coefficient (Wildman–Crippen LogP) is 4.85. The number of oxazole rings is 1. The van der Waals surface area contributed by atoms with Crippen molar-refractivity contribution in [2.24, 2.45) is 0 Å². The van der Waals surface area contributed by atoms with Crippen molar-refractivity contribution in [1.82, 2.24) is 14.5 Å². The molecule has 176 valence electrons. The van der Waals surface area contributed by atoms with E-state index >= 15 is 0 Å². The summed E-state index contributed by atoms with van der Waals surface area (Å²) in [6.45, 7) is 4.72. The molecule has 2 aliphatic heterocycles. The molecule has 2 aliphatic rings. The fraction of sp³-hybridized carbons (Fsp3) is 0.375. The molecule has 0 atom stereocenters. The molecule has 1 aromatic carbocycles. The number of carbonyl (C=O) groups excluding carboxylic acids is 1. The number of rotatable bonds is 3. The summed E-state index contributed by atoms with van der Waals surface area (Å²) in [6.07, 6.45) is 6.92. The molecule has 1 N–H and O–H groups in total. The van der Waals surface area contributed by atoms with Gasteiger partial charge in [0, 0.05) is 54.5 Å². The molecule has 0 radical (unpaired) electrons. The number of morpholine rings is 1. The van der Waals surface area contributed by atoms with Crippen molar-refractivity contribution in [3.8, 4) is 0 Å². The SMILES string of the molecule is O=C(Nc1cc2oc(N3CCOCC3)nc2cc1N1CCCCC1)n1ccc2cc(Br)cnc21. The number of hydrogen-bond donors (Lipinski definition) is 1. The maximum absolute atomic E-state index is 13.3. The topological polar surface area (TPSA) is 88.7 Å². The van der Waals surface area contributed by atoms with Crippen LogP contribution in [0, 0.1) is 0 Å². The van der Waals surface area contributed by atoms with Crippen LogP contribution < -0.4 is 15.1 Å². The Balaban J connectivity index is 1.37.